The van der Waals surface area contributed by atoms with Crippen LogP contribution in [-0.2, 0) is 13.2 Å². The van der Waals surface area contributed by atoms with Gasteiger partial charge >= 0.3 is 0 Å². The first-order valence-corrected chi connectivity index (χ1v) is 5.95. The molecular weight excluding hydrogens is 222 g/mol. The molecule has 0 unspecified atom stereocenters. The average molecular weight is 235 g/mol. The molecule has 3 nitrogen and oxygen atoms in total. The number of aliphatic hydroxyl groups is 1. The molecule has 0 amide bonds. The Balaban J connectivity index is 2.09. The largest absolute Gasteiger partial charge is 0.487 e. The number of hydrogen-bond acceptors (Lipinski definition) is 4. The number of nitrogens with zero attached hydrogens (tertiary/aromatic N) is 1. The molecule has 2 aromatic rings. The third-order valence-corrected chi connectivity index (χ3v) is 2.93. The zero-order chi connectivity index (χ0) is 11.4. The van der Waals surface area contributed by atoms with Crippen molar-refractivity contribution >= 4 is 11.3 Å². The van der Waals surface area contributed by atoms with E-state index in [2.05, 4.69) is 4.98 Å². The van der Waals surface area contributed by atoms with Crippen molar-refractivity contribution in [2.24, 2.45) is 0 Å². The SMILES string of the molecule is Cc1ccc(OCc2ccsc2)c(CO)n1. The number of hydrogen-bond donors (Lipinski definition) is 1. The third kappa shape index (κ3) is 2.59. The number of pyridine rings is 1. The minimum atomic E-state index is -0.0966. The topological polar surface area (TPSA) is 42.4 Å². The highest BCUT2D eigenvalue weighted by atomic mass is 32.1. The number of thiophene rings is 1. The predicted molar refractivity (Wildman–Crippen MR) is 63.5 cm³/mol. The minimum Gasteiger partial charge on any atom is -0.487 e. The van der Waals surface area contributed by atoms with Crippen molar-refractivity contribution in [3.8, 4) is 5.75 Å². The second-order valence-corrected chi connectivity index (χ2v) is 4.26. The first-order valence-electron chi connectivity index (χ1n) is 5.01. The zero-order valence-electron chi connectivity index (χ0n) is 9.01. The van der Waals surface area contributed by atoms with Crippen LogP contribution in [0.25, 0.3) is 0 Å². The Morgan fingerprint density at radius 1 is 1.38 bits per heavy atom. The van der Waals surface area contributed by atoms with Crippen LogP contribution in [-0.4, -0.2) is 10.1 Å². The second-order valence-electron chi connectivity index (χ2n) is 3.48. The number of ether oxygens (including phenoxy) is 1. The van der Waals surface area contributed by atoms with Gasteiger partial charge in [0.05, 0.1) is 6.61 Å². The molecule has 0 aliphatic rings. The molecule has 4 heteroatoms. The van der Waals surface area contributed by atoms with E-state index >= 15 is 0 Å². The number of rotatable bonds is 4. The summed E-state index contributed by atoms with van der Waals surface area (Å²) in [5, 5.41) is 13.2. The number of aliphatic hydroxyl groups excluding tert-OH is 1. The Bertz CT molecular complexity index is 454. The minimum absolute atomic E-state index is 0.0966. The number of aryl methyl sites for hydroxylation is 1. The monoisotopic (exact) mass is 235 g/mol. The van der Waals surface area contributed by atoms with Crippen molar-refractivity contribution in [1.29, 1.82) is 0 Å². The van der Waals surface area contributed by atoms with Gasteiger partial charge in [-0.3, -0.25) is 4.98 Å². The molecule has 0 saturated heterocycles. The molecule has 2 heterocycles. The van der Waals surface area contributed by atoms with Crippen molar-refractivity contribution in [3.05, 3.63) is 45.9 Å². The first-order chi connectivity index (χ1) is 7.79. The van der Waals surface area contributed by atoms with E-state index in [0.29, 0.717) is 18.1 Å². The van der Waals surface area contributed by atoms with Gasteiger partial charge in [0, 0.05) is 5.69 Å². The van der Waals surface area contributed by atoms with Gasteiger partial charge in [-0.05, 0) is 41.4 Å². The quantitative estimate of drug-likeness (QED) is 0.885. The summed E-state index contributed by atoms with van der Waals surface area (Å²) in [5.41, 5.74) is 2.61. The maximum absolute atomic E-state index is 9.16. The summed E-state index contributed by atoms with van der Waals surface area (Å²) in [6.45, 7) is 2.31. The van der Waals surface area contributed by atoms with Crippen molar-refractivity contribution < 1.29 is 9.84 Å². The van der Waals surface area contributed by atoms with Crippen molar-refractivity contribution in [1.82, 2.24) is 4.98 Å². The van der Waals surface area contributed by atoms with Gasteiger partial charge in [0.15, 0.2) is 0 Å². The lowest BCUT2D eigenvalue weighted by atomic mass is 10.3. The van der Waals surface area contributed by atoms with Gasteiger partial charge in [-0.15, -0.1) is 0 Å². The van der Waals surface area contributed by atoms with E-state index in [0.717, 1.165) is 11.3 Å². The van der Waals surface area contributed by atoms with Crippen molar-refractivity contribution in [2.45, 2.75) is 20.1 Å². The molecule has 2 aromatic heterocycles. The van der Waals surface area contributed by atoms with Crippen LogP contribution >= 0.6 is 11.3 Å². The van der Waals surface area contributed by atoms with Crippen LogP contribution < -0.4 is 4.74 Å². The lowest BCUT2D eigenvalue weighted by Gasteiger charge is -2.09. The van der Waals surface area contributed by atoms with E-state index in [1.807, 2.05) is 35.9 Å². The second kappa shape index (κ2) is 5.09. The van der Waals surface area contributed by atoms with E-state index < -0.39 is 0 Å². The van der Waals surface area contributed by atoms with Crippen LogP contribution in [0.2, 0.25) is 0 Å². The van der Waals surface area contributed by atoms with Gasteiger partial charge in [-0.2, -0.15) is 11.3 Å². The summed E-state index contributed by atoms with van der Waals surface area (Å²) < 4.78 is 5.61. The van der Waals surface area contributed by atoms with E-state index in [4.69, 9.17) is 9.84 Å². The highest BCUT2D eigenvalue weighted by Crippen LogP contribution is 2.19. The summed E-state index contributed by atoms with van der Waals surface area (Å²) in [6.07, 6.45) is 0. The van der Waals surface area contributed by atoms with Gasteiger partial charge in [0.1, 0.15) is 18.1 Å². The van der Waals surface area contributed by atoms with Crippen molar-refractivity contribution in [2.75, 3.05) is 0 Å². The predicted octanol–water partition coefficient (Wildman–Crippen LogP) is 2.52. The van der Waals surface area contributed by atoms with E-state index in [-0.39, 0.29) is 6.61 Å². The molecule has 0 saturated carbocycles. The fourth-order valence-corrected chi connectivity index (χ4v) is 2.03. The molecule has 0 aliphatic heterocycles. The summed E-state index contributed by atoms with van der Waals surface area (Å²) >= 11 is 1.64. The molecular formula is C12H13NO2S. The van der Waals surface area contributed by atoms with Gasteiger partial charge < -0.3 is 9.84 Å². The lowest BCUT2D eigenvalue weighted by Crippen LogP contribution is -2.00. The Morgan fingerprint density at radius 2 is 2.25 bits per heavy atom. The summed E-state index contributed by atoms with van der Waals surface area (Å²) in [7, 11) is 0. The Kier molecular flexibility index (Phi) is 3.54. The van der Waals surface area contributed by atoms with Crippen LogP contribution in [0.4, 0.5) is 0 Å². The fraction of sp³-hybridized carbons (Fsp3) is 0.250. The average Bonchev–Trinajstić information content (AvgIpc) is 2.80. The highest BCUT2D eigenvalue weighted by Gasteiger charge is 2.05. The Hall–Kier alpha value is -1.39. The summed E-state index contributed by atoms with van der Waals surface area (Å²) in [4.78, 5) is 4.22. The van der Waals surface area contributed by atoms with Gasteiger partial charge in [-0.25, -0.2) is 0 Å². The van der Waals surface area contributed by atoms with Gasteiger partial charge in [-0.1, -0.05) is 0 Å². The van der Waals surface area contributed by atoms with Gasteiger partial charge in [0.2, 0.25) is 0 Å². The van der Waals surface area contributed by atoms with Crippen LogP contribution in [0, 0.1) is 6.92 Å². The summed E-state index contributed by atoms with van der Waals surface area (Å²) in [5.74, 6) is 0.652. The highest BCUT2D eigenvalue weighted by molar-refractivity contribution is 7.07. The van der Waals surface area contributed by atoms with Crippen LogP contribution in [0.1, 0.15) is 17.0 Å². The van der Waals surface area contributed by atoms with E-state index in [1.165, 1.54) is 0 Å². The molecule has 0 bridgehead atoms. The smallest absolute Gasteiger partial charge is 0.143 e. The fourth-order valence-electron chi connectivity index (χ4n) is 1.38. The van der Waals surface area contributed by atoms with Crippen LogP contribution in [0.15, 0.2) is 29.0 Å². The maximum atomic E-state index is 9.16. The molecule has 16 heavy (non-hydrogen) atoms. The Morgan fingerprint density at radius 3 is 2.94 bits per heavy atom. The molecule has 0 radical (unpaired) electrons. The van der Waals surface area contributed by atoms with E-state index in [1.54, 1.807) is 11.3 Å². The van der Waals surface area contributed by atoms with E-state index in [9.17, 15) is 0 Å². The lowest BCUT2D eigenvalue weighted by molar-refractivity contribution is 0.253. The van der Waals surface area contributed by atoms with Crippen LogP contribution in [0.3, 0.4) is 0 Å². The molecule has 0 aromatic carbocycles. The van der Waals surface area contributed by atoms with Crippen LogP contribution in [0.5, 0.6) is 5.75 Å². The third-order valence-electron chi connectivity index (χ3n) is 2.20. The molecule has 2 rings (SSSR count). The molecule has 0 atom stereocenters. The maximum Gasteiger partial charge on any atom is 0.143 e. The normalized spacial score (nSPS) is 10.4. The summed E-state index contributed by atoms with van der Waals surface area (Å²) in [6, 6.07) is 5.74. The molecule has 1 N–H and O–H groups in total. The number of aromatic nitrogens is 1. The first kappa shape index (κ1) is 11.1. The zero-order valence-corrected chi connectivity index (χ0v) is 9.83. The molecule has 0 fully saturated rings. The standard InChI is InChI=1S/C12H13NO2S/c1-9-2-3-12(11(6-14)13-9)15-7-10-4-5-16-8-10/h2-5,8,14H,6-7H2,1H3. The molecule has 84 valence electrons. The molecule has 0 spiro atoms. The van der Waals surface area contributed by atoms with Crippen molar-refractivity contribution in [3.63, 3.8) is 0 Å². The Labute approximate surface area is 98.4 Å². The molecule has 0 aliphatic carbocycles. The van der Waals surface area contributed by atoms with Gasteiger partial charge in [0.25, 0.3) is 0 Å².